The van der Waals surface area contributed by atoms with Gasteiger partial charge >= 0.3 is 5.69 Å². The second-order valence-electron chi connectivity index (χ2n) is 5.88. The molecule has 1 aliphatic carbocycles. The van der Waals surface area contributed by atoms with Crippen LogP contribution < -0.4 is 11.2 Å². The van der Waals surface area contributed by atoms with Crippen molar-refractivity contribution >= 4 is 33.8 Å². The van der Waals surface area contributed by atoms with Crippen molar-refractivity contribution in [2.45, 2.75) is 58.0 Å². The topological polar surface area (TPSA) is 72.7 Å². The molecule has 0 radical (unpaired) electrons. The fraction of sp³-hybridized carbons (Fsp3) is 0.667. The summed E-state index contributed by atoms with van der Waals surface area (Å²) < 4.78 is 3.79. The predicted molar refractivity (Wildman–Crippen MR) is 95.0 cm³/mol. The summed E-state index contributed by atoms with van der Waals surface area (Å²) in [5.74, 6) is 1.27. The van der Waals surface area contributed by atoms with Gasteiger partial charge in [0.25, 0.3) is 5.56 Å². The van der Waals surface area contributed by atoms with E-state index in [0.29, 0.717) is 30.2 Å². The summed E-state index contributed by atoms with van der Waals surface area (Å²) in [6, 6.07) is 0. The van der Waals surface area contributed by atoms with Crippen LogP contribution in [0.25, 0.3) is 11.2 Å². The monoisotopic (exact) mass is 416 g/mol. The Hall–Kier alpha value is -1.12. The molecule has 3 rings (SSSR count). The fourth-order valence-electron chi connectivity index (χ4n) is 3.28. The first kappa shape index (κ1) is 15.8. The third-order valence-electron chi connectivity index (χ3n) is 4.38. The lowest BCUT2D eigenvalue weighted by Gasteiger charge is -2.09. The van der Waals surface area contributed by atoms with Crippen LogP contribution in [0.15, 0.2) is 9.59 Å². The highest BCUT2D eigenvalue weighted by molar-refractivity contribution is 14.1. The molecule has 0 bridgehead atoms. The summed E-state index contributed by atoms with van der Waals surface area (Å²) in [7, 11) is 0. The zero-order valence-electron chi connectivity index (χ0n) is 12.8. The van der Waals surface area contributed by atoms with Gasteiger partial charge in [-0.1, -0.05) is 42.4 Å². The van der Waals surface area contributed by atoms with Crippen LogP contribution in [0.2, 0.25) is 0 Å². The van der Waals surface area contributed by atoms with Gasteiger partial charge < -0.3 is 4.98 Å². The van der Waals surface area contributed by atoms with E-state index in [1.54, 1.807) is 4.57 Å². The first-order chi connectivity index (χ1) is 10.7. The number of halogens is 1. The van der Waals surface area contributed by atoms with Crippen LogP contribution >= 0.6 is 22.6 Å². The molecule has 6 nitrogen and oxygen atoms in total. The van der Waals surface area contributed by atoms with E-state index in [1.165, 1.54) is 17.4 Å². The minimum Gasteiger partial charge on any atom is -0.336 e. The number of aryl methyl sites for hydroxylation is 1. The average molecular weight is 416 g/mol. The Kier molecular flexibility index (Phi) is 4.70. The molecule has 1 aliphatic rings. The fourth-order valence-corrected chi connectivity index (χ4v) is 3.77. The molecule has 2 heterocycles. The van der Waals surface area contributed by atoms with Crippen molar-refractivity contribution in [1.82, 2.24) is 19.1 Å². The van der Waals surface area contributed by atoms with Gasteiger partial charge in [-0.15, -0.1) is 0 Å². The van der Waals surface area contributed by atoms with Crippen LogP contribution in [0, 0.1) is 0 Å². The molecule has 1 N–H and O–H groups in total. The molecule has 1 saturated carbocycles. The number of H-pyrrole nitrogens is 1. The lowest BCUT2D eigenvalue weighted by atomic mass is 10.1. The molecule has 0 atom stereocenters. The van der Waals surface area contributed by atoms with E-state index in [-0.39, 0.29) is 11.2 Å². The smallest absolute Gasteiger partial charge is 0.332 e. The molecule has 7 heteroatoms. The van der Waals surface area contributed by atoms with Crippen LogP contribution in [0.3, 0.4) is 0 Å². The molecule has 0 aliphatic heterocycles. The first-order valence-electron chi connectivity index (χ1n) is 7.96. The van der Waals surface area contributed by atoms with Crippen molar-refractivity contribution in [3.8, 4) is 0 Å². The minimum absolute atomic E-state index is 0.233. The van der Waals surface area contributed by atoms with Gasteiger partial charge in [-0.25, -0.2) is 9.78 Å². The minimum atomic E-state index is -0.236. The highest BCUT2D eigenvalue weighted by Gasteiger charge is 2.23. The second kappa shape index (κ2) is 6.55. The summed E-state index contributed by atoms with van der Waals surface area (Å²) in [6.07, 6.45) is 5.40. The van der Waals surface area contributed by atoms with E-state index < -0.39 is 0 Å². The van der Waals surface area contributed by atoms with Crippen molar-refractivity contribution in [3.63, 3.8) is 0 Å². The predicted octanol–water partition coefficient (Wildman–Crippen LogP) is 2.39. The Labute approximate surface area is 142 Å². The average Bonchev–Trinajstić information content (AvgIpc) is 3.16. The molecular weight excluding hydrogens is 395 g/mol. The van der Waals surface area contributed by atoms with E-state index in [9.17, 15) is 9.59 Å². The van der Waals surface area contributed by atoms with Gasteiger partial charge in [0.15, 0.2) is 5.65 Å². The molecule has 0 unspecified atom stereocenters. The molecule has 0 spiro atoms. The van der Waals surface area contributed by atoms with Crippen molar-refractivity contribution in [1.29, 1.82) is 0 Å². The van der Waals surface area contributed by atoms with Gasteiger partial charge in [0.2, 0.25) is 0 Å². The number of aromatic amines is 1. The van der Waals surface area contributed by atoms with Crippen LogP contribution in [-0.2, 0) is 13.1 Å². The van der Waals surface area contributed by atoms with Gasteiger partial charge in [0.1, 0.15) is 11.3 Å². The summed E-state index contributed by atoms with van der Waals surface area (Å²) >= 11 is 2.24. The van der Waals surface area contributed by atoms with E-state index >= 15 is 0 Å². The quantitative estimate of drug-likeness (QED) is 0.601. The number of nitrogens with zero attached hydrogens (tertiary/aromatic N) is 3. The maximum Gasteiger partial charge on any atom is 0.332 e. The van der Waals surface area contributed by atoms with Gasteiger partial charge in [-0.3, -0.25) is 13.9 Å². The Balaban J connectivity index is 2.23. The molecule has 0 saturated heterocycles. The summed E-state index contributed by atoms with van der Waals surface area (Å²) in [5, 5.41) is 0. The lowest BCUT2D eigenvalue weighted by Crippen LogP contribution is -2.40. The number of rotatable bonds is 5. The molecule has 2 aromatic rings. The molecule has 0 amide bonds. The molecule has 22 heavy (non-hydrogen) atoms. The van der Waals surface area contributed by atoms with Gasteiger partial charge in [0.05, 0.1) is 0 Å². The van der Waals surface area contributed by atoms with E-state index in [4.69, 9.17) is 0 Å². The zero-order chi connectivity index (χ0) is 15.7. The number of aromatic nitrogens is 4. The molecular formula is C15H21IN4O2. The van der Waals surface area contributed by atoms with Crippen LogP contribution in [0.4, 0.5) is 0 Å². The van der Waals surface area contributed by atoms with Crippen LogP contribution in [0.1, 0.15) is 50.8 Å². The van der Waals surface area contributed by atoms with E-state index in [1.807, 2.05) is 6.92 Å². The maximum absolute atomic E-state index is 12.6. The standard InChI is InChI=1S/C15H21IN4O2/c1-2-8-20-14(21)11-13(19(9-7-16)15(20)22)18-12(17-11)10-5-3-4-6-10/h10H,2-9H2,1H3,(H,17,18). The van der Waals surface area contributed by atoms with Crippen LogP contribution in [0.5, 0.6) is 0 Å². The van der Waals surface area contributed by atoms with Crippen molar-refractivity contribution < 1.29 is 0 Å². The zero-order valence-corrected chi connectivity index (χ0v) is 14.9. The maximum atomic E-state index is 12.6. The number of fused-ring (bicyclic) bond motifs is 1. The van der Waals surface area contributed by atoms with Gasteiger partial charge in [-0.05, 0) is 19.3 Å². The van der Waals surface area contributed by atoms with Crippen molar-refractivity contribution in [2.24, 2.45) is 0 Å². The Morgan fingerprint density at radius 1 is 1.23 bits per heavy atom. The summed E-state index contributed by atoms with van der Waals surface area (Å²) in [5.41, 5.74) is 0.546. The molecule has 120 valence electrons. The second-order valence-corrected chi connectivity index (χ2v) is 6.96. The molecule has 2 aromatic heterocycles. The number of hydrogen-bond acceptors (Lipinski definition) is 3. The highest BCUT2D eigenvalue weighted by Crippen LogP contribution is 2.32. The van der Waals surface area contributed by atoms with E-state index in [2.05, 4.69) is 32.6 Å². The third-order valence-corrected chi connectivity index (χ3v) is 4.86. The molecule has 1 fully saturated rings. The Bertz CT molecular complexity index is 783. The number of alkyl halides is 1. The number of hydrogen-bond donors (Lipinski definition) is 1. The van der Waals surface area contributed by atoms with Gasteiger partial charge in [-0.2, -0.15) is 0 Å². The van der Waals surface area contributed by atoms with Crippen molar-refractivity contribution in [3.05, 3.63) is 26.7 Å². The Morgan fingerprint density at radius 2 is 1.95 bits per heavy atom. The summed E-state index contributed by atoms with van der Waals surface area (Å²) in [6.45, 7) is 3.00. The first-order valence-corrected chi connectivity index (χ1v) is 9.49. The Morgan fingerprint density at radius 3 is 2.59 bits per heavy atom. The number of nitrogens with one attached hydrogen (secondary N) is 1. The summed E-state index contributed by atoms with van der Waals surface area (Å²) in [4.78, 5) is 33.0. The van der Waals surface area contributed by atoms with E-state index in [0.717, 1.165) is 29.5 Å². The normalized spacial score (nSPS) is 15.9. The molecule has 0 aromatic carbocycles. The van der Waals surface area contributed by atoms with Gasteiger partial charge in [0, 0.05) is 23.4 Å². The van der Waals surface area contributed by atoms with Crippen LogP contribution in [-0.4, -0.2) is 23.5 Å². The van der Waals surface area contributed by atoms with Crippen molar-refractivity contribution in [2.75, 3.05) is 4.43 Å². The third kappa shape index (κ3) is 2.63. The lowest BCUT2D eigenvalue weighted by molar-refractivity contribution is 0.575. The SMILES string of the molecule is CCCn1c(=O)c2[nH]c(C3CCCC3)nc2n(CCI)c1=O. The largest absolute Gasteiger partial charge is 0.336 e. The highest BCUT2D eigenvalue weighted by atomic mass is 127. The number of imidazole rings is 1.